The molecule has 0 aliphatic carbocycles. The maximum absolute atomic E-state index is 8.52. The van der Waals surface area contributed by atoms with Gasteiger partial charge in [-0.1, -0.05) is 0 Å². The van der Waals surface area contributed by atoms with E-state index in [1.165, 1.54) is 0 Å². The molecule has 0 rings (SSSR count). The molecule has 0 aliphatic rings. The fourth-order valence-electron chi connectivity index (χ4n) is 0. The minimum absolute atomic E-state index is 0. The van der Waals surface area contributed by atoms with Gasteiger partial charge in [0, 0.05) is 36.5 Å². The van der Waals surface area contributed by atoms with E-state index in [4.69, 9.17) is 14.1 Å². The maximum atomic E-state index is 8.52. The predicted molar refractivity (Wildman–Crippen MR) is 6.44 cm³/mol. The fourth-order valence-corrected chi connectivity index (χ4v) is 0. The third-order valence-corrected chi connectivity index (χ3v) is 0. The molecule has 6 heteroatoms. The standard InChI is InChI=1S/Cd.Mn.O3Si/c;;1-4(2)3/q;+2;-2. The smallest absolute Gasteiger partial charge is 0.672 e. The van der Waals surface area contributed by atoms with Crippen molar-refractivity contribution in [3.8, 4) is 0 Å². The van der Waals surface area contributed by atoms with Crippen LogP contribution in [-0.4, -0.2) is 9.17 Å². The molecule has 0 amide bonds. The Labute approximate surface area is 67.3 Å². The van der Waals surface area contributed by atoms with Gasteiger partial charge in [-0.2, -0.15) is 0 Å². The first-order chi connectivity index (χ1) is 1.73. The summed E-state index contributed by atoms with van der Waals surface area (Å²) in [6.45, 7) is 0. The zero-order chi connectivity index (χ0) is 3.58. The third-order valence-electron chi connectivity index (χ3n) is 0. The Morgan fingerprint density at radius 2 is 1.33 bits per heavy atom. The van der Waals surface area contributed by atoms with Crippen molar-refractivity contribution in [2.24, 2.45) is 0 Å². The van der Waals surface area contributed by atoms with Crippen LogP contribution in [0.1, 0.15) is 0 Å². The molecule has 3 nitrogen and oxygen atoms in total. The molecule has 0 heterocycles. The molecule has 0 bridgehead atoms. The Bertz CT molecular complexity index is 33.8. The molecule has 31 valence electrons. The quantitative estimate of drug-likeness (QED) is 0.429. The van der Waals surface area contributed by atoms with E-state index in [1.807, 2.05) is 0 Å². The Kier molecular flexibility index (Phi) is 24.7. The largest absolute Gasteiger partial charge is 2.00 e. The van der Waals surface area contributed by atoms with Crippen LogP contribution >= 0.6 is 0 Å². The van der Waals surface area contributed by atoms with Crippen LogP contribution in [0.3, 0.4) is 0 Å². The fraction of sp³-hybridized carbons (Fsp3) is 0. The summed E-state index contributed by atoms with van der Waals surface area (Å²) in [5.74, 6) is 0. The van der Waals surface area contributed by atoms with Crippen molar-refractivity contribution in [2.75, 3.05) is 0 Å². The van der Waals surface area contributed by atoms with E-state index < -0.39 is 9.17 Å². The van der Waals surface area contributed by atoms with Crippen LogP contribution in [0.2, 0.25) is 0 Å². The summed E-state index contributed by atoms with van der Waals surface area (Å²) >= 11 is 0. The van der Waals surface area contributed by atoms with Crippen molar-refractivity contribution in [2.45, 2.75) is 0 Å². The van der Waals surface area contributed by atoms with Crippen LogP contribution in [0.5, 0.6) is 0 Å². The van der Waals surface area contributed by atoms with Crippen LogP contribution < -0.4 is 9.59 Å². The minimum atomic E-state index is -3.63. The van der Waals surface area contributed by atoms with Gasteiger partial charge in [-0.15, -0.1) is 0 Å². The molecule has 6 heavy (non-hydrogen) atoms. The molecule has 0 N–H and O–H groups in total. The molecule has 0 aromatic heterocycles. The average molecular weight is 243 g/mol. The van der Waals surface area contributed by atoms with E-state index >= 15 is 0 Å². The zero-order valence-corrected chi connectivity index (χ0v) is 9.03. The van der Waals surface area contributed by atoms with Crippen molar-refractivity contribution in [3.05, 3.63) is 0 Å². The summed E-state index contributed by atoms with van der Waals surface area (Å²) < 4.78 is 8.52. The summed E-state index contributed by atoms with van der Waals surface area (Å²) in [5.41, 5.74) is 0. The van der Waals surface area contributed by atoms with Gasteiger partial charge in [-0.05, 0) is 0 Å². The number of rotatable bonds is 0. The summed E-state index contributed by atoms with van der Waals surface area (Å²) in [7, 11) is -3.63. The topological polar surface area (TPSA) is 63.2 Å². The summed E-state index contributed by atoms with van der Waals surface area (Å²) in [6, 6.07) is 0. The molecule has 0 aromatic rings. The predicted octanol–water partition coefficient (Wildman–Crippen LogP) is -2.88. The normalized spacial score (nSPS) is 4.00. The van der Waals surface area contributed by atoms with Gasteiger partial charge in [-0.3, -0.25) is 0 Å². The molecule has 0 atom stereocenters. The molecule has 0 fully saturated rings. The van der Waals surface area contributed by atoms with Crippen LogP contribution in [0, 0.1) is 0 Å². The van der Waals surface area contributed by atoms with Crippen molar-refractivity contribution in [1.29, 1.82) is 0 Å². The second-order valence-corrected chi connectivity index (χ2v) is 0.750. The maximum Gasteiger partial charge on any atom is 2.00 e. The first kappa shape index (κ1) is 15.7. The van der Waals surface area contributed by atoms with Crippen LogP contribution in [0.15, 0.2) is 0 Å². The second-order valence-electron chi connectivity index (χ2n) is 0.250. The first-order valence-corrected chi connectivity index (χ1v) is 1.84. The van der Waals surface area contributed by atoms with Gasteiger partial charge >= 0.3 is 17.1 Å². The first-order valence-electron chi connectivity index (χ1n) is 0.612. The van der Waals surface area contributed by atoms with Crippen LogP contribution in [0.4, 0.5) is 0 Å². The Hall–Kier alpha value is 1.06. The van der Waals surface area contributed by atoms with Crippen molar-refractivity contribution < 1.29 is 58.4 Å². The van der Waals surface area contributed by atoms with E-state index in [0.29, 0.717) is 0 Å². The third kappa shape index (κ3) is 74.4. The van der Waals surface area contributed by atoms with Gasteiger partial charge in [0.05, 0.1) is 0 Å². The van der Waals surface area contributed by atoms with Crippen LogP contribution in [-0.2, 0) is 48.8 Å². The van der Waals surface area contributed by atoms with E-state index in [9.17, 15) is 0 Å². The Morgan fingerprint density at radius 3 is 1.33 bits per heavy atom. The summed E-state index contributed by atoms with van der Waals surface area (Å²) in [5, 5.41) is 0. The Morgan fingerprint density at radius 1 is 1.33 bits per heavy atom. The number of hydrogen-bond acceptors (Lipinski definition) is 3. The van der Waals surface area contributed by atoms with Crippen LogP contribution in [0.25, 0.3) is 0 Å². The summed E-state index contributed by atoms with van der Waals surface area (Å²) in [4.78, 5) is 17.0. The Balaban J connectivity index is -0.0000000450. The molecule has 0 aromatic carbocycles. The SMILES string of the molecule is O=[Si]([O-])[O-].[Cd].[Mn+2]. The molecule has 1 radical (unpaired) electrons. The average Bonchev–Trinajstić information content (AvgIpc) is 0.811. The van der Waals surface area contributed by atoms with Gasteiger partial charge in [0.1, 0.15) is 0 Å². The molecule has 0 unspecified atom stereocenters. The van der Waals surface area contributed by atoms with Gasteiger partial charge in [-0.25, -0.2) is 0 Å². The molecule has 0 saturated carbocycles. The molecular formula is CdMnO3Si. The van der Waals surface area contributed by atoms with E-state index in [-0.39, 0.29) is 44.4 Å². The zero-order valence-electron chi connectivity index (χ0n) is 2.81. The van der Waals surface area contributed by atoms with Crippen molar-refractivity contribution in [3.63, 3.8) is 0 Å². The number of hydrogen-bond donors (Lipinski definition) is 0. The van der Waals surface area contributed by atoms with Crippen molar-refractivity contribution >= 4 is 9.17 Å². The molecular weight excluding hydrogens is 243 g/mol. The van der Waals surface area contributed by atoms with E-state index in [1.54, 1.807) is 0 Å². The van der Waals surface area contributed by atoms with Gasteiger partial charge in [0.15, 0.2) is 0 Å². The minimum Gasteiger partial charge on any atom is -0.672 e. The summed E-state index contributed by atoms with van der Waals surface area (Å²) in [6.07, 6.45) is 0. The van der Waals surface area contributed by atoms with Gasteiger partial charge in [0.25, 0.3) is 0 Å². The van der Waals surface area contributed by atoms with E-state index in [0.717, 1.165) is 0 Å². The molecule has 0 saturated heterocycles. The van der Waals surface area contributed by atoms with E-state index in [2.05, 4.69) is 0 Å². The van der Waals surface area contributed by atoms with Gasteiger partial charge in [0.2, 0.25) is 0 Å². The van der Waals surface area contributed by atoms with Gasteiger partial charge < -0.3 is 14.1 Å². The second kappa shape index (κ2) is 9.41. The van der Waals surface area contributed by atoms with Crippen molar-refractivity contribution in [1.82, 2.24) is 0 Å². The molecule has 0 aliphatic heterocycles. The monoisotopic (exact) mass is 245 g/mol. The molecule has 0 spiro atoms.